The Hall–Kier alpha value is -2.43. The molecule has 1 amide bonds. The van der Waals surface area contributed by atoms with Gasteiger partial charge in [0, 0.05) is 18.8 Å². The molecule has 0 heterocycles. The van der Waals surface area contributed by atoms with Crippen LogP contribution in [0.5, 0.6) is 0 Å². The highest BCUT2D eigenvalue weighted by molar-refractivity contribution is 6.32. The molecule has 0 fully saturated rings. The van der Waals surface area contributed by atoms with Crippen LogP contribution in [0.4, 0.5) is 5.69 Å². The lowest BCUT2D eigenvalue weighted by molar-refractivity contribution is 0.0986. The number of nitrogens with zero attached hydrogens (tertiary/aromatic N) is 2. The summed E-state index contributed by atoms with van der Waals surface area (Å²) in [6.45, 7) is 0.233. The number of anilines is 1. The molecule has 0 saturated heterocycles. The molecule has 0 radical (unpaired) electrons. The highest BCUT2D eigenvalue weighted by atomic mass is 35.5. The minimum atomic E-state index is -0.455. The zero-order chi connectivity index (χ0) is 18.9. The van der Waals surface area contributed by atoms with Gasteiger partial charge >= 0.3 is 0 Å². The van der Waals surface area contributed by atoms with Gasteiger partial charge in [0.2, 0.25) is 0 Å². The first-order valence-corrected chi connectivity index (χ1v) is 8.50. The van der Waals surface area contributed by atoms with E-state index in [2.05, 4.69) is 5.32 Å². The van der Waals surface area contributed by atoms with E-state index >= 15 is 0 Å². The van der Waals surface area contributed by atoms with E-state index in [1.165, 1.54) is 4.90 Å². The van der Waals surface area contributed by atoms with E-state index in [0.29, 0.717) is 12.2 Å². The molecule has 0 atom stereocenters. The highest BCUT2D eigenvalue weighted by Gasteiger charge is 2.22. The van der Waals surface area contributed by atoms with Crippen LogP contribution in [-0.2, 0) is 0 Å². The Bertz CT molecular complexity index is 773. The summed E-state index contributed by atoms with van der Waals surface area (Å²) in [5, 5.41) is 30.8. The molecule has 0 aliphatic heterocycles. The Kier molecular flexibility index (Phi) is 7.57. The molecule has 0 unspecified atom stereocenters. The van der Waals surface area contributed by atoms with Gasteiger partial charge in [-0.2, -0.15) is 5.26 Å². The molecule has 2 aromatic rings. The molecular formula is C19H20ClN3O3. The van der Waals surface area contributed by atoms with Crippen LogP contribution in [0.3, 0.4) is 0 Å². The van der Waals surface area contributed by atoms with Crippen molar-refractivity contribution in [2.24, 2.45) is 0 Å². The number of aliphatic hydroxyl groups is 2. The summed E-state index contributed by atoms with van der Waals surface area (Å²) in [6.07, 6.45) is 0. The predicted molar refractivity (Wildman–Crippen MR) is 100 cm³/mol. The maximum atomic E-state index is 13.1. The van der Waals surface area contributed by atoms with Crippen molar-refractivity contribution in [3.63, 3.8) is 0 Å². The van der Waals surface area contributed by atoms with Gasteiger partial charge in [-0.05, 0) is 24.3 Å². The number of halogens is 1. The number of carbonyl (C=O) groups is 1. The maximum absolute atomic E-state index is 13.1. The van der Waals surface area contributed by atoms with Gasteiger partial charge in [0.05, 0.1) is 35.4 Å². The largest absolute Gasteiger partial charge is 0.395 e. The molecule has 0 aliphatic rings. The first-order valence-electron chi connectivity index (χ1n) is 8.13. The summed E-state index contributed by atoms with van der Waals surface area (Å²) in [7, 11) is 0. The maximum Gasteiger partial charge on any atom is 0.259 e. The fraction of sp³-hybridized carbons (Fsp3) is 0.263. The summed E-state index contributed by atoms with van der Waals surface area (Å²) in [6, 6.07) is 15.4. The van der Waals surface area contributed by atoms with Crippen molar-refractivity contribution in [2.45, 2.75) is 6.04 Å². The number of carbonyl (C=O) groups excluding carboxylic acids is 1. The van der Waals surface area contributed by atoms with Crippen LogP contribution in [0.15, 0.2) is 48.5 Å². The molecule has 0 spiro atoms. The summed E-state index contributed by atoms with van der Waals surface area (Å²) in [5.41, 5.74) is 1.04. The summed E-state index contributed by atoms with van der Waals surface area (Å²) in [5.74, 6) is -0.346. The van der Waals surface area contributed by atoms with Crippen molar-refractivity contribution in [2.75, 3.05) is 31.2 Å². The number of para-hydroxylation sites is 1. The molecule has 136 valence electrons. The fourth-order valence-electron chi connectivity index (χ4n) is 2.48. The van der Waals surface area contributed by atoms with Gasteiger partial charge in [-0.15, -0.1) is 0 Å². The molecule has 0 aromatic heterocycles. The van der Waals surface area contributed by atoms with Crippen molar-refractivity contribution in [3.8, 4) is 6.07 Å². The van der Waals surface area contributed by atoms with Crippen molar-refractivity contribution >= 4 is 23.2 Å². The molecule has 26 heavy (non-hydrogen) atoms. The van der Waals surface area contributed by atoms with Crippen molar-refractivity contribution in [1.29, 1.82) is 5.26 Å². The number of amides is 1. The molecule has 3 N–H and O–H groups in total. The van der Waals surface area contributed by atoms with Crippen molar-refractivity contribution < 1.29 is 15.0 Å². The number of nitrogens with one attached hydrogen (secondary N) is 1. The monoisotopic (exact) mass is 373 g/mol. The van der Waals surface area contributed by atoms with Crippen LogP contribution < -0.4 is 10.2 Å². The second-order valence-corrected chi connectivity index (χ2v) is 5.99. The van der Waals surface area contributed by atoms with E-state index < -0.39 is 6.04 Å². The number of benzene rings is 2. The van der Waals surface area contributed by atoms with Crippen LogP contribution in [0.2, 0.25) is 5.02 Å². The fourth-order valence-corrected chi connectivity index (χ4v) is 2.70. The highest BCUT2D eigenvalue weighted by Crippen LogP contribution is 2.23. The smallest absolute Gasteiger partial charge is 0.259 e. The van der Waals surface area contributed by atoms with Gasteiger partial charge in [0.25, 0.3) is 5.91 Å². The Balaban J connectivity index is 2.28. The molecule has 6 nitrogen and oxygen atoms in total. The Morgan fingerprint density at radius 3 is 2.46 bits per heavy atom. The minimum Gasteiger partial charge on any atom is -0.395 e. The standard InChI is InChI=1S/C19H20ClN3O3/c20-18-8-4-7-16(17(18)11-21)19(26)23(15-5-2-1-3-6-15)10-9-22-14(12-24)13-25/h1-8,14,22,24-25H,9-10,12-13H2. The van der Waals surface area contributed by atoms with E-state index in [9.17, 15) is 10.1 Å². The molecule has 2 rings (SSSR count). The van der Waals surface area contributed by atoms with Gasteiger partial charge in [-0.25, -0.2) is 0 Å². The molecule has 0 saturated carbocycles. The minimum absolute atomic E-state index is 0.136. The third kappa shape index (κ3) is 4.81. The zero-order valence-electron chi connectivity index (χ0n) is 14.1. The average Bonchev–Trinajstić information content (AvgIpc) is 2.68. The molecular weight excluding hydrogens is 354 g/mol. The Labute approximate surface area is 157 Å². The molecule has 0 bridgehead atoms. The van der Waals surface area contributed by atoms with E-state index in [1.54, 1.807) is 30.3 Å². The predicted octanol–water partition coefficient (Wildman–Crippen LogP) is 1.80. The van der Waals surface area contributed by atoms with Gasteiger partial charge in [-0.3, -0.25) is 4.79 Å². The first kappa shape index (κ1) is 19.9. The van der Waals surface area contributed by atoms with E-state index in [1.807, 2.05) is 24.3 Å². The topological polar surface area (TPSA) is 96.6 Å². The van der Waals surface area contributed by atoms with E-state index in [4.69, 9.17) is 21.8 Å². The van der Waals surface area contributed by atoms with Crippen LogP contribution in [0.1, 0.15) is 15.9 Å². The third-order valence-corrected chi connectivity index (χ3v) is 4.19. The van der Waals surface area contributed by atoms with Crippen LogP contribution >= 0.6 is 11.6 Å². The normalized spacial score (nSPS) is 10.6. The summed E-state index contributed by atoms with van der Waals surface area (Å²) < 4.78 is 0. The number of hydrogen-bond donors (Lipinski definition) is 3. The van der Waals surface area contributed by atoms with E-state index in [0.717, 1.165) is 0 Å². The number of hydrogen-bond acceptors (Lipinski definition) is 5. The number of aliphatic hydroxyl groups excluding tert-OH is 2. The van der Waals surface area contributed by atoms with Gasteiger partial charge in [0.15, 0.2) is 0 Å². The summed E-state index contributed by atoms with van der Waals surface area (Å²) >= 11 is 6.05. The Morgan fingerprint density at radius 2 is 1.85 bits per heavy atom. The molecule has 7 heteroatoms. The number of rotatable bonds is 8. The van der Waals surface area contributed by atoms with Gasteiger partial charge < -0.3 is 20.4 Å². The zero-order valence-corrected chi connectivity index (χ0v) is 14.9. The second-order valence-electron chi connectivity index (χ2n) is 5.58. The van der Waals surface area contributed by atoms with Crippen LogP contribution in [0.25, 0.3) is 0 Å². The van der Waals surface area contributed by atoms with Crippen LogP contribution in [-0.4, -0.2) is 48.5 Å². The van der Waals surface area contributed by atoms with Crippen LogP contribution in [0, 0.1) is 11.3 Å². The Morgan fingerprint density at radius 1 is 1.15 bits per heavy atom. The number of nitriles is 1. The first-order chi connectivity index (χ1) is 12.6. The SMILES string of the molecule is N#Cc1c(Cl)cccc1C(=O)N(CCNC(CO)CO)c1ccccc1. The van der Waals surface area contributed by atoms with Gasteiger partial charge in [0.1, 0.15) is 6.07 Å². The third-order valence-electron chi connectivity index (χ3n) is 3.88. The lowest BCUT2D eigenvalue weighted by atomic mass is 10.1. The van der Waals surface area contributed by atoms with Gasteiger partial charge in [-0.1, -0.05) is 35.9 Å². The average molecular weight is 374 g/mol. The lowest BCUT2D eigenvalue weighted by Crippen LogP contribution is -2.43. The quantitative estimate of drug-likeness (QED) is 0.655. The second kappa shape index (κ2) is 9.90. The van der Waals surface area contributed by atoms with E-state index in [-0.39, 0.29) is 41.8 Å². The molecule has 0 aliphatic carbocycles. The van der Waals surface area contributed by atoms with Crippen molar-refractivity contribution in [1.82, 2.24) is 5.32 Å². The lowest BCUT2D eigenvalue weighted by Gasteiger charge is -2.25. The molecule has 2 aromatic carbocycles. The summed E-state index contributed by atoms with van der Waals surface area (Å²) in [4.78, 5) is 14.6. The van der Waals surface area contributed by atoms with Crippen molar-refractivity contribution in [3.05, 3.63) is 64.7 Å².